The fourth-order valence-electron chi connectivity index (χ4n) is 3.00. The fraction of sp³-hybridized carbons (Fsp3) is 0.750. The molecule has 2 aliphatic heterocycles. The van der Waals surface area contributed by atoms with Gasteiger partial charge >= 0.3 is 0 Å². The molecule has 0 bridgehead atoms. The van der Waals surface area contributed by atoms with E-state index in [0.717, 1.165) is 19.5 Å². The molecule has 0 aromatic carbocycles. The van der Waals surface area contributed by atoms with Crippen LogP contribution in [0, 0.1) is 0 Å². The smallest absolute Gasteiger partial charge is 0.245 e. The summed E-state index contributed by atoms with van der Waals surface area (Å²) in [5.74, 6) is 0.668. The van der Waals surface area contributed by atoms with Crippen molar-refractivity contribution in [3.63, 3.8) is 0 Å². The first-order valence-electron chi connectivity index (χ1n) is 6.79. The van der Waals surface area contributed by atoms with Gasteiger partial charge in [0.15, 0.2) is 11.0 Å². The molecule has 2 saturated heterocycles. The third kappa shape index (κ3) is 2.93. The van der Waals surface area contributed by atoms with Crippen LogP contribution in [0.2, 0.25) is 10.4 Å². The molecule has 1 unspecified atom stereocenters. The van der Waals surface area contributed by atoms with Crippen LogP contribution in [0.5, 0.6) is 0 Å². The second kappa shape index (κ2) is 5.77. The van der Waals surface area contributed by atoms with E-state index < -0.39 is 0 Å². The third-order valence-electron chi connectivity index (χ3n) is 3.97. The molecule has 0 N–H and O–H groups in total. The van der Waals surface area contributed by atoms with E-state index in [2.05, 4.69) is 25.0 Å². The fourth-order valence-corrected chi connectivity index (χ4v) is 3.32. The summed E-state index contributed by atoms with van der Waals surface area (Å²) in [6, 6.07) is 0.602. The first-order chi connectivity index (χ1) is 9.24. The van der Waals surface area contributed by atoms with Gasteiger partial charge in [-0.15, -0.1) is 10.2 Å². The van der Waals surface area contributed by atoms with Crippen molar-refractivity contribution in [2.45, 2.75) is 31.7 Å². The lowest BCUT2D eigenvalue weighted by molar-refractivity contribution is 0.175. The maximum Gasteiger partial charge on any atom is 0.245 e. The molecule has 2 fully saturated rings. The van der Waals surface area contributed by atoms with Crippen LogP contribution in [0.3, 0.4) is 0 Å². The van der Waals surface area contributed by atoms with Crippen LogP contribution in [0.25, 0.3) is 0 Å². The Bertz CT molecular complexity index is 450. The van der Waals surface area contributed by atoms with Gasteiger partial charge in [-0.1, -0.05) is 18.0 Å². The normalized spacial score (nSPS) is 24.9. The standard InChI is InChI=1S/C12H17Cl2N5/c13-10-11(15-12(14)17-16-10)19-7-4-9(8-19)18-5-2-1-3-6-18/h9H,1-8H2. The molecular weight excluding hydrogens is 285 g/mol. The van der Waals surface area contributed by atoms with E-state index >= 15 is 0 Å². The minimum absolute atomic E-state index is 0.154. The molecule has 3 heterocycles. The molecule has 2 aliphatic rings. The average molecular weight is 302 g/mol. The van der Waals surface area contributed by atoms with Gasteiger partial charge in [0.25, 0.3) is 0 Å². The van der Waals surface area contributed by atoms with Crippen molar-refractivity contribution >= 4 is 29.0 Å². The van der Waals surface area contributed by atoms with E-state index in [4.69, 9.17) is 23.2 Å². The molecule has 1 aromatic heterocycles. The maximum atomic E-state index is 6.06. The van der Waals surface area contributed by atoms with E-state index in [-0.39, 0.29) is 5.28 Å². The van der Waals surface area contributed by atoms with Crippen molar-refractivity contribution in [2.24, 2.45) is 0 Å². The number of halogens is 2. The van der Waals surface area contributed by atoms with E-state index in [0.29, 0.717) is 17.0 Å². The van der Waals surface area contributed by atoms with Crippen molar-refractivity contribution in [1.82, 2.24) is 20.1 Å². The van der Waals surface area contributed by atoms with E-state index in [1.807, 2.05) is 0 Å². The Morgan fingerprint density at radius 3 is 2.58 bits per heavy atom. The van der Waals surface area contributed by atoms with Gasteiger partial charge in [-0.05, 0) is 44.0 Å². The zero-order valence-corrected chi connectivity index (χ0v) is 12.2. The monoisotopic (exact) mass is 301 g/mol. The van der Waals surface area contributed by atoms with E-state index in [9.17, 15) is 0 Å². The van der Waals surface area contributed by atoms with Gasteiger partial charge in [-0.3, -0.25) is 4.90 Å². The quantitative estimate of drug-likeness (QED) is 0.838. The molecule has 7 heteroatoms. The van der Waals surface area contributed by atoms with Crippen LogP contribution in [0.4, 0.5) is 5.82 Å². The Hall–Kier alpha value is -0.650. The highest BCUT2D eigenvalue weighted by atomic mass is 35.5. The molecule has 0 radical (unpaired) electrons. The summed E-state index contributed by atoms with van der Waals surface area (Å²) in [7, 11) is 0. The van der Waals surface area contributed by atoms with Gasteiger partial charge < -0.3 is 4.90 Å². The number of anilines is 1. The SMILES string of the molecule is Clc1nnc(Cl)c(N2CCC(N3CCCCC3)C2)n1. The highest BCUT2D eigenvalue weighted by molar-refractivity contribution is 6.32. The van der Waals surface area contributed by atoms with E-state index in [1.165, 1.54) is 32.4 Å². The first-order valence-corrected chi connectivity index (χ1v) is 7.54. The summed E-state index contributed by atoms with van der Waals surface area (Å²) in [4.78, 5) is 8.96. The summed E-state index contributed by atoms with van der Waals surface area (Å²) >= 11 is 11.9. The second-order valence-corrected chi connectivity index (χ2v) is 5.88. The van der Waals surface area contributed by atoms with Gasteiger partial charge in [0.1, 0.15) is 0 Å². The zero-order chi connectivity index (χ0) is 13.2. The first kappa shape index (κ1) is 13.3. The molecular formula is C12H17Cl2N5. The molecule has 0 aliphatic carbocycles. The molecule has 0 amide bonds. The summed E-state index contributed by atoms with van der Waals surface area (Å²) < 4.78 is 0. The molecule has 0 saturated carbocycles. The number of rotatable bonds is 2. The number of hydrogen-bond donors (Lipinski definition) is 0. The van der Waals surface area contributed by atoms with Gasteiger partial charge in [0.2, 0.25) is 5.28 Å². The number of aromatic nitrogens is 3. The Kier molecular flexibility index (Phi) is 4.05. The van der Waals surface area contributed by atoms with Crippen molar-refractivity contribution < 1.29 is 0 Å². The minimum Gasteiger partial charge on any atom is -0.352 e. The van der Waals surface area contributed by atoms with Gasteiger partial charge in [-0.25, -0.2) is 0 Å². The van der Waals surface area contributed by atoms with Crippen LogP contribution in [-0.2, 0) is 0 Å². The Labute approximate surface area is 122 Å². The van der Waals surface area contributed by atoms with Crippen LogP contribution >= 0.6 is 23.2 Å². The predicted octanol–water partition coefficient (Wildman–Crippen LogP) is 2.24. The topological polar surface area (TPSA) is 45.2 Å². The maximum absolute atomic E-state index is 6.06. The number of piperidine rings is 1. The highest BCUT2D eigenvalue weighted by Gasteiger charge is 2.30. The second-order valence-electron chi connectivity index (χ2n) is 5.18. The minimum atomic E-state index is 0.154. The van der Waals surface area contributed by atoms with E-state index in [1.54, 1.807) is 0 Å². The number of nitrogens with zero attached hydrogens (tertiary/aromatic N) is 5. The van der Waals surface area contributed by atoms with Crippen LogP contribution in [0.1, 0.15) is 25.7 Å². The predicted molar refractivity (Wildman–Crippen MR) is 75.9 cm³/mol. The lowest BCUT2D eigenvalue weighted by Crippen LogP contribution is -2.41. The molecule has 0 spiro atoms. The zero-order valence-electron chi connectivity index (χ0n) is 10.7. The summed E-state index contributed by atoms with van der Waals surface area (Å²) in [5.41, 5.74) is 0. The summed E-state index contributed by atoms with van der Waals surface area (Å²) in [6.07, 6.45) is 5.15. The van der Waals surface area contributed by atoms with Crippen molar-refractivity contribution in [3.05, 3.63) is 10.4 Å². The summed E-state index contributed by atoms with van der Waals surface area (Å²) in [5, 5.41) is 7.97. The molecule has 1 atom stereocenters. The Morgan fingerprint density at radius 1 is 1.00 bits per heavy atom. The Balaban J connectivity index is 1.69. The summed E-state index contributed by atoms with van der Waals surface area (Å²) in [6.45, 7) is 4.34. The third-order valence-corrected chi connectivity index (χ3v) is 4.38. The molecule has 1 aromatic rings. The average Bonchev–Trinajstić information content (AvgIpc) is 2.92. The molecule has 104 valence electrons. The lowest BCUT2D eigenvalue weighted by atomic mass is 10.1. The lowest BCUT2D eigenvalue weighted by Gasteiger charge is -2.32. The van der Waals surface area contributed by atoms with Gasteiger partial charge in [0.05, 0.1) is 0 Å². The van der Waals surface area contributed by atoms with Crippen molar-refractivity contribution in [2.75, 3.05) is 31.1 Å². The molecule has 19 heavy (non-hydrogen) atoms. The van der Waals surface area contributed by atoms with Crippen LogP contribution < -0.4 is 4.90 Å². The number of likely N-dealkylation sites (tertiary alicyclic amines) is 1. The highest BCUT2D eigenvalue weighted by Crippen LogP contribution is 2.28. The van der Waals surface area contributed by atoms with Gasteiger partial charge in [0, 0.05) is 19.1 Å². The molecule has 5 nitrogen and oxygen atoms in total. The largest absolute Gasteiger partial charge is 0.352 e. The number of hydrogen-bond acceptors (Lipinski definition) is 5. The van der Waals surface area contributed by atoms with Crippen molar-refractivity contribution in [1.29, 1.82) is 0 Å². The van der Waals surface area contributed by atoms with Gasteiger partial charge in [-0.2, -0.15) is 4.98 Å². The van der Waals surface area contributed by atoms with Crippen molar-refractivity contribution in [3.8, 4) is 0 Å². The Morgan fingerprint density at radius 2 is 1.79 bits per heavy atom. The van der Waals surface area contributed by atoms with Crippen LogP contribution in [-0.4, -0.2) is 52.3 Å². The van der Waals surface area contributed by atoms with Crippen LogP contribution in [0.15, 0.2) is 0 Å². The molecule has 3 rings (SSSR count).